The molecule has 0 aromatic heterocycles. The van der Waals surface area contributed by atoms with Crippen LogP contribution in [-0.2, 0) is 4.79 Å². The van der Waals surface area contributed by atoms with E-state index < -0.39 is 0 Å². The van der Waals surface area contributed by atoms with Crippen molar-refractivity contribution in [1.29, 1.82) is 0 Å². The summed E-state index contributed by atoms with van der Waals surface area (Å²) in [6.45, 7) is 3.39. The van der Waals surface area contributed by atoms with Gasteiger partial charge in [0.05, 0.1) is 6.67 Å². The van der Waals surface area contributed by atoms with Gasteiger partial charge in [-0.15, -0.1) is 0 Å². The molecule has 2 aliphatic heterocycles. The molecule has 0 bridgehead atoms. The minimum absolute atomic E-state index is 0.0164. The molecule has 90 valence electrons. The second-order valence-electron chi connectivity index (χ2n) is 4.42. The van der Waals surface area contributed by atoms with Gasteiger partial charge in [-0.1, -0.05) is 22.0 Å². The Kier molecular flexibility index (Phi) is 2.90. The summed E-state index contributed by atoms with van der Waals surface area (Å²) in [4.78, 5) is 16.4. The van der Waals surface area contributed by atoms with Crippen LogP contribution in [0.15, 0.2) is 28.7 Å². The molecule has 1 atom stereocenters. The highest BCUT2D eigenvalue weighted by molar-refractivity contribution is 9.10. The number of benzene rings is 1. The molecule has 1 amide bonds. The van der Waals surface area contributed by atoms with E-state index in [9.17, 15) is 4.79 Å². The highest BCUT2D eigenvalue weighted by Crippen LogP contribution is 2.26. The maximum absolute atomic E-state index is 12.3. The van der Waals surface area contributed by atoms with Crippen LogP contribution < -0.4 is 10.2 Å². The number of nitrogens with one attached hydrogen (secondary N) is 1. The first-order valence-corrected chi connectivity index (χ1v) is 6.57. The van der Waals surface area contributed by atoms with E-state index in [1.165, 1.54) is 0 Å². The van der Waals surface area contributed by atoms with Crippen molar-refractivity contribution in [2.75, 3.05) is 31.2 Å². The first-order chi connectivity index (χ1) is 8.25. The van der Waals surface area contributed by atoms with Crippen LogP contribution in [-0.4, -0.2) is 43.2 Å². The lowest BCUT2D eigenvalue weighted by molar-refractivity contribution is -0.119. The Hall–Kier alpha value is -0.910. The van der Waals surface area contributed by atoms with E-state index in [1.54, 1.807) is 0 Å². The number of amides is 1. The van der Waals surface area contributed by atoms with Crippen LogP contribution in [0.1, 0.15) is 0 Å². The molecule has 2 aliphatic rings. The Bertz CT molecular complexity index is 451. The van der Waals surface area contributed by atoms with Gasteiger partial charge in [0.2, 0.25) is 5.91 Å². The van der Waals surface area contributed by atoms with Crippen LogP contribution in [0.25, 0.3) is 0 Å². The summed E-state index contributed by atoms with van der Waals surface area (Å²) in [6.07, 6.45) is 0. The summed E-state index contributed by atoms with van der Waals surface area (Å²) < 4.78 is 1.01. The van der Waals surface area contributed by atoms with Gasteiger partial charge in [-0.3, -0.25) is 14.6 Å². The molecule has 1 aromatic rings. The van der Waals surface area contributed by atoms with Crippen LogP contribution in [0, 0.1) is 0 Å². The number of anilines is 1. The van der Waals surface area contributed by atoms with E-state index >= 15 is 0 Å². The first kappa shape index (κ1) is 11.2. The van der Waals surface area contributed by atoms with Gasteiger partial charge in [0.1, 0.15) is 6.04 Å². The molecule has 1 unspecified atom stereocenters. The predicted molar refractivity (Wildman–Crippen MR) is 69.9 cm³/mol. The molecular formula is C12H14BrN3O. The molecule has 4 nitrogen and oxygen atoms in total. The van der Waals surface area contributed by atoms with Crippen molar-refractivity contribution in [3.8, 4) is 0 Å². The van der Waals surface area contributed by atoms with Gasteiger partial charge in [0.15, 0.2) is 0 Å². The zero-order chi connectivity index (χ0) is 11.8. The van der Waals surface area contributed by atoms with Crippen LogP contribution >= 0.6 is 15.9 Å². The summed E-state index contributed by atoms with van der Waals surface area (Å²) in [6, 6.07) is 7.92. The maximum atomic E-state index is 12.3. The number of rotatable bonds is 1. The third kappa shape index (κ3) is 1.99. The number of carbonyl (C=O) groups is 1. The molecule has 5 heteroatoms. The molecule has 2 heterocycles. The fourth-order valence-corrected chi connectivity index (χ4v) is 2.83. The van der Waals surface area contributed by atoms with E-state index in [4.69, 9.17) is 0 Å². The zero-order valence-electron chi connectivity index (χ0n) is 9.40. The normalized spacial score (nSPS) is 25.1. The van der Waals surface area contributed by atoms with Crippen LogP contribution in [0.3, 0.4) is 0 Å². The van der Waals surface area contributed by atoms with E-state index in [0.29, 0.717) is 6.67 Å². The number of piperazine rings is 1. The average Bonchev–Trinajstić information content (AvgIpc) is 2.68. The lowest BCUT2D eigenvalue weighted by atomic mass is 10.2. The highest BCUT2D eigenvalue weighted by atomic mass is 79.9. The van der Waals surface area contributed by atoms with Crippen LogP contribution in [0.4, 0.5) is 5.69 Å². The Balaban J connectivity index is 1.87. The third-order valence-electron chi connectivity index (χ3n) is 3.35. The summed E-state index contributed by atoms with van der Waals surface area (Å²) in [5.74, 6) is 0.204. The number of fused-ring (bicyclic) bond motifs is 1. The fraction of sp³-hybridized carbons (Fsp3) is 0.417. The third-order valence-corrected chi connectivity index (χ3v) is 3.84. The van der Waals surface area contributed by atoms with E-state index in [-0.39, 0.29) is 11.9 Å². The lowest BCUT2D eigenvalue weighted by Gasteiger charge is -2.26. The van der Waals surface area contributed by atoms with Crippen molar-refractivity contribution in [2.24, 2.45) is 0 Å². The van der Waals surface area contributed by atoms with Crippen molar-refractivity contribution in [3.05, 3.63) is 28.7 Å². The number of hydrogen-bond donors (Lipinski definition) is 1. The molecule has 1 aromatic carbocycles. The maximum Gasteiger partial charge on any atom is 0.246 e. The van der Waals surface area contributed by atoms with Gasteiger partial charge in [0, 0.05) is 29.8 Å². The van der Waals surface area contributed by atoms with Crippen molar-refractivity contribution in [3.63, 3.8) is 0 Å². The van der Waals surface area contributed by atoms with Crippen LogP contribution in [0.5, 0.6) is 0 Å². The largest absolute Gasteiger partial charge is 0.313 e. The van der Waals surface area contributed by atoms with E-state index in [2.05, 4.69) is 26.1 Å². The number of halogens is 1. The molecule has 17 heavy (non-hydrogen) atoms. The van der Waals surface area contributed by atoms with Gasteiger partial charge in [-0.05, 0) is 18.2 Å². The summed E-state index contributed by atoms with van der Waals surface area (Å²) in [5, 5.41) is 3.27. The quantitative estimate of drug-likeness (QED) is 0.841. The van der Waals surface area contributed by atoms with Gasteiger partial charge < -0.3 is 5.32 Å². The lowest BCUT2D eigenvalue weighted by Crippen LogP contribution is -2.50. The molecule has 2 saturated heterocycles. The number of hydrogen-bond acceptors (Lipinski definition) is 3. The molecular weight excluding hydrogens is 282 g/mol. The SMILES string of the molecule is O=C1C2CNCCN2CN1c1cccc(Br)c1. The fourth-order valence-electron chi connectivity index (χ4n) is 2.44. The molecule has 0 radical (unpaired) electrons. The van der Waals surface area contributed by atoms with Gasteiger partial charge in [-0.2, -0.15) is 0 Å². The average molecular weight is 296 g/mol. The Morgan fingerprint density at radius 2 is 2.29 bits per heavy atom. The topological polar surface area (TPSA) is 35.6 Å². The second kappa shape index (κ2) is 4.40. The monoisotopic (exact) mass is 295 g/mol. The van der Waals surface area contributed by atoms with Crippen molar-refractivity contribution in [2.45, 2.75) is 6.04 Å². The molecule has 1 N–H and O–H groups in total. The Labute approximate surface area is 109 Å². The molecule has 0 aliphatic carbocycles. The second-order valence-corrected chi connectivity index (χ2v) is 5.34. The van der Waals surface area contributed by atoms with Crippen LogP contribution in [0.2, 0.25) is 0 Å². The zero-order valence-corrected chi connectivity index (χ0v) is 11.0. The van der Waals surface area contributed by atoms with E-state index in [1.807, 2.05) is 29.2 Å². The standard InChI is InChI=1S/C12H14BrN3O/c13-9-2-1-3-10(6-9)16-8-15-5-4-14-7-11(15)12(16)17/h1-3,6,11,14H,4-5,7-8H2. The summed E-state index contributed by atoms with van der Waals surface area (Å²) in [7, 11) is 0. The Morgan fingerprint density at radius 3 is 3.06 bits per heavy atom. The minimum atomic E-state index is 0.0164. The molecule has 0 spiro atoms. The first-order valence-electron chi connectivity index (χ1n) is 5.77. The molecule has 2 fully saturated rings. The van der Waals surface area contributed by atoms with Gasteiger partial charge >= 0.3 is 0 Å². The predicted octanol–water partition coefficient (Wildman–Crippen LogP) is 1.03. The van der Waals surface area contributed by atoms with Crippen molar-refractivity contribution < 1.29 is 4.79 Å². The smallest absolute Gasteiger partial charge is 0.246 e. The van der Waals surface area contributed by atoms with Crippen molar-refractivity contribution >= 4 is 27.5 Å². The molecule has 3 rings (SSSR count). The number of carbonyl (C=O) groups excluding carboxylic acids is 1. The van der Waals surface area contributed by atoms with E-state index in [0.717, 1.165) is 29.8 Å². The minimum Gasteiger partial charge on any atom is -0.313 e. The highest BCUT2D eigenvalue weighted by Gasteiger charge is 2.40. The van der Waals surface area contributed by atoms with Gasteiger partial charge in [0.25, 0.3) is 0 Å². The Morgan fingerprint density at radius 1 is 1.41 bits per heavy atom. The summed E-state index contributed by atoms with van der Waals surface area (Å²) in [5.41, 5.74) is 0.971. The van der Waals surface area contributed by atoms with Crippen molar-refractivity contribution in [1.82, 2.24) is 10.2 Å². The molecule has 0 saturated carbocycles. The van der Waals surface area contributed by atoms with Gasteiger partial charge in [-0.25, -0.2) is 0 Å². The number of nitrogens with zero attached hydrogens (tertiary/aromatic N) is 2. The summed E-state index contributed by atoms with van der Waals surface area (Å²) >= 11 is 3.44.